The first-order valence-electron chi connectivity index (χ1n) is 8.34. The van der Waals surface area contributed by atoms with Gasteiger partial charge < -0.3 is 15.3 Å². The van der Waals surface area contributed by atoms with E-state index in [0.29, 0.717) is 12.1 Å². The summed E-state index contributed by atoms with van der Waals surface area (Å²) < 4.78 is 0. The van der Waals surface area contributed by atoms with Crippen molar-refractivity contribution in [3.8, 4) is 0 Å². The predicted molar refractivity (Wildman–Crippen MR) is 97.1 cm³/mol. The lowest BCUT2D eigenvalue weighted by Gasteiger charge is -2.22. The van der Waals surface area contributed by atoms with Gasteiger partial charge in [-0.15, -0.1) is 0 Å². The van der Waals surface area contributed by atoms with Crippen molar-refractivity contribution in [2.75, 3.05) is 6.54 Å². The third-order valence-corrected chi connectivity index (χ3v) is 3.96. The van der Waals surface area contributed by atoms with Crippen LogP contribution >= 0.6 is 0 Å². The number of rotatable bonds is 8. The molecule has 2 amide bonds. The van der Waals surface area contributed by atoms with Crippen molar-refractivity contribution in [1.82, 2.24) is 10.2 Å². The van der Waals surface area contributed by atoms with Crippen LogP contribution in [0.2, 0.25) is 0 Å². The van der Waals surface area contributed by atoms with Crippen molar-refractivity contribution >= 4 is 17.8 Å². The zero-order valence-corrected chi connectivity index (χ0v) is 14.6. The number of carboxylic acid groups (broad SMARTS) is 1. The molecule has 1 atom stereocenters. The van der Waals surface area contributed by atoms with Crippen LogP contribution in [0.4, 0.5) is 0 Å². The molecule has 1 unspecified atom stereocenters. The largest absolute Gasteiger partial charge is 0.479 e. The van der Waals surface area contributed by atoms with Gasteiger partial charge in [0.25, 0.3) is 0 Å². The fourth-order valence-electron chi connectivity index (χ4n) is 2.55. The monoisotopic (exact) mass is 354 g/mol. The van der Waals surface area contributed by atoms with Gasteiger partial charge in [0.05, 0.1) is 0 Å². The molecule has 0 aliphatic rings. The summed E-state index contributed by atoms with van der Waals surface area (Å²) in [5, 5.41) is 11.9. The molecule has 2 aromatic carbocycles. The van der Waals surface area contributed by atoms with Gasteiger partial charge in [0, 0.05) is 26.4 Å². The van der Waals surface area contributed by atoms with E-state index in [1.54, 1.807) is 35.2 Å². The highest BCUT2D eigenvalue weighted by Gasteiger charge is 2.22. The second-order valence-electron chi connectivity index (χ2n) is 5.93. The highest BCUT2D eigenvalue weighted by atomic mass is 16.4. The van der Waals surface area contributed by atoms with Gasteiger partial charge in [0.2, 0.25) is 11.8 Å². The molecule has 0 saturated heterocycles. The highest BCUT2D eigenvalue weighted by Crippen LogP contribution is 2.13. The number of amides is 2. The standard InChI is InChI=1S/C20H22N2O4/c1-15(23)22(14-16-8-4-2-5-9-16)13-12-18(24)21-19(20(25)26)17-10-6-3-7-11-17/h2-11,19H,12-14H2,1H3,(H,21,24)(H,25,26). The number of hydrogen-bond donors (Lipinski definition) is 2. The minimum atomic E-state index is -1.13. The first kappa shape index (κ1) is 19.2. The van der Waals surface area contributed by atoms with Crippen LogP contribution in [0.3, 0.4) is 0 Å². The number of carboxylic acids is 1. The topological polar surface area (TPSA) is 86.7 Å². The first-order chi connectivity index (χ1) is 12.5. The lowest BCUT2D eigenvalue weighted by molar-refractivity contribution is -0.142. The normalized spacial score (nSPS) is 11.4. The summed E-state index contributed by atoms with van der Waals surface area (Å²) in [5.74, 6) is -1.68. The number of carbonyl (C=O) groups is 3. The van der Waals surface area contributed by atoms with Gasteiger partial charge in [0.1, 0.15) is 0 Å². The molecular weight excluding hydrogens is 332 g/mol. The van der Waals surface area contributed by atoms with Crippen molar-refractivity contribution < 1.29 is 19.5 Å². The fourth-order valence-corrected chi connectivity index (χ4v) is 2.55. The molecule has 6 heteroatoms. The van der Waals surface area contributed by atoms with Crippen LogP contribution in [0.15, 0.2) is 60.7 Å². The molecule has 2 rings (SSSR count). The van der Waals surface area contributed by atoms with Crippen LogP contribution in [-0.2, 0) is 20.9 Å². The summed E-state index contributed by atoms with van der Waals surface area (Å²) in [6.07, 6.45) is 0.0308. The quantitative estimate of drug-likeness (QED) is 0.762. The smallest absolute Gasteiger partial charge is 0.330 e. The molecule has 0 heterocycles. The molecule has 0 fully saturated rings. The molecule has 0 radical (unpaired) electrons. The van der Waals surface area contributed by atoms with Gasteiger partial charge in [-0.3, -0.25) is 9.59 Å². The summed E-state index contributed by atoms with van der Waals surface area (Å²) in [7, 11) is 0. The summed E-state index contributed by atoms with van der Waals surface area (Å²) in [4.78, 5) is 37.0. The van der Waals surface area contributed by atoms with Gasteiger partial charge in [0.15, 0.2) is 6.04 Å². The van der Waals surface area contributed by atoms with Crippen molar-refractivity contribution in [1.29, 1.82) is 0 Å². The SMILES string of the molecule is CC(=O)N(CCC(=O)NC(C(=O)O)c1ccccc1)Cc1ccccc1. The lowest BCUT2D eigenvalue weighted by Crippen LogP contribution is -2.37. The Morgan fingerprint density at radius 1 is 1.00 bits per heavy atom. The molecule has 0 aliphatic carbocycles. The molecular formula is C20H22N2O4. The van der Waals surface area contributed by atoms with E-state index >= 15 is 0 Å². The average molecular weight is 354 g/mol. The van der Waals surface area contributed by atoms with Crippen LogP contribution in [0, 0.1) is 0 Å². The Morgan fingerprint density at radius 2 is 1.58 bits per heavy atom. The van der Waals surface area contributed by atoms with Crippen LogP contribution < -0.4 is 5.32 Å². The number of nitrogens with one attached hydrogen (secondary N) is 1. The summed E-state index contributed by atoms with van der Waals surface area (Å²) in [6, 6.07) is 16.9. The molecule has 0 saturated carbocycles. The minimum absolute atomic E-state index is 0.0308. The number of nitrogens with zero attached hydrogens (tertiary/aromatic N) is 1. The van der Waals surface area contributed by atoms with Gasteiger partial charge >= 0.3 is 5.97 Å². The summed E-state index contributed by atoms with van der Waals surface area (Å²) in [5.41, 5.74) is 1.47. The van der Waals surface area contributed by atoms with E-state index in [0.717, 1.165) is 5.56 Å². The molecule has 6 nitrogen and oxygen atoms in total. The minimum Gasteiger partial charge on any atom is -0.479 e. The van der Waals surface area contributed by atoms with Crippen molar-refractivity contribution in [2.45, 2.75) is 25.9 Å². The lowest BCUT2D eigenvalue weighted by atomic mass is 10.1. The maximum Gasteiger partial charge on any atom is 0.330 e. The van der Waals surface area contributed by atoms with E-state index in [1.165, 1.54) is 6.92 Å². The van der Waals surface area contributed by atoms with Gasteiger partial charge in [-0.1, -0.05) is 60.7 Å². The average Bonchev–Trinajstić information content (AvgIpc) is 2.64. The highest BCUT2D eigenvalue weighted by molar-refractivity contribution is 5.85. The molecule has 26 heavy (non-hydrogen) atoms. The zero-order chi connectivity index (χ0) is 18.9. The van der Waals surface area contributed by atoms with Crippen molar-refractivity contribution in [3.63, 3.8) is 0 Å². The Morgan fingerprint density at radius 3 is 2.12 bits per heavy atom. The predicted octanol–water partition coefficient (Wildman–Crippen LogP) is 2.37. The van der Waals surface area contributed by atoms with Gasteiger partial charge in [-0.2, -0.15) is 0 Å². The number of aliphatic carboxylic acids is 1. The molecule has 0 aliphatic heterocycles. The van der Waals surface area contributed by atoms with Crippen LogP contribution in [0.1, 0.15) is 30.5 Å². The number of carbonyl (C=O) groups excluding carboxylic acids is 2. The van der Waals surface area contributed by atoms with E-state index in [2.05, 4.69) is 5.32 Å². The zero-order valence-electron chi connectivity index (χ0n) is 14.6. The molecule has 2 N–H and O–H groups in total. The van der Waals surface area contributed by atoms with E-state index in [9.17, 15) is 19.5 Å². The van der Waals surface area contributed by atoms with E-state index in [1.807, 2.05) is 30.3 Å². The van der Waals surface area contributed by atoms with Crippen molar-refractivity contribution in [2.24, 2.45) is 0 Å². The van der Waals surface area contributed by atoms with Gasteiger partial charge in [-0.05, 0) is 11.1 Å². The molecule has 2 aromatic rings. The molecule has 0 aromatic heterocycles. The molecule has 0 spiro atoms. The Bertz CT molecular complexity index is 747. The summed E-state index contributed by atoms with van der Waals surface area (Å²) >= 11 is 0. The molecule has 136 valence electrons. The third kappa shape index (κ3) is 5.73. The third-order valence-electron chi connectivity index (χ3n) is 3.96. The Kier molecular flexibility index (Phi) is 6.91. The Hall–Kier alpha value is -3.15. The summed E-state index contributed by atoms with van der Waals surface area (Å²) in [6.45, 7) is 2.08. The Labute approximate surface area is 152 Å². The fraction of sp³-hybridized carbons (Fsp3) is 0.250. The van der Waals surface area contributed by atoms with E-state index in [-0.39, 0.29) is 18.9 Å². The van der Waals surface area contributed by atoms with Crippen LogP contribution in [0.5, 0.6) is 0 Å². The second kappa shape index (κ2) is 9.36. The van der Waals surface area contributed by atoms with Crippen LogP contribution in [-0.4, -0.2) is 34.3 Å². The van der Waals surface area contributed by atoms with E-state index < -0.39 is 17.9 Å². The maximum absolute atomic E-state index is 12.2. The number of hydrogen-bond acceptors (Lipinski definition) is 3. The number of benzene rings is 2. The molecule has 0 bridgehead atoms. The van der Waals surface area contributed by atoms with Gasteiger partial charge in [-0.25, -0.2) is 4.79 Å². The maximum atomic E-state index is 12.2. The second-order valence-corrected chi connectivity index (χ2v) is 5.93. The Balaban J connectivity index is 1.94. The van der Waals surface area contributed by atoms with Crippen LogP contribution in [0.25, 0.3) is 0 Å². The van der Waals surface area contributed by atoms with Crippen molar-refractivity contribution in [3.05, 3.63) is 71.8 Å². The van der Waals surface area contributed by atoms with E-state index in [4.69, 9.17) is 0 Å². The first-order valence-corrected chi connectivity index (χ1v) is 8.34.